The van der Waals surface area contributed by atoms with E-state index in [1.807, 2.05) is 0 Å². The Morgan fingerprint density at radius 2 is 1.70 bits per heavy atom. The number of halogens is 2. The van der Waals surface area contributed by atoms with Crippen molar-refractivity contribution in [3.05, 3.63) is 58.9 Å². The average molecular weight is 290 g/mol. The fraction of sp³-hybridized carbons (Fsp3) is 0. The number of nitrogens with zero attached hydrogens (tertiary/aromatic N) is 3. The van der Waals surface area contributed by atoms with Crippen LogP contribution in [0.1, 0.15) is 0 Å². The molecule has 0 unspecified atom stereocenters. The van der Waals surface area contributed by atoms with Crippen molar-refractivity contribution in [2.75, 3.05) is 5.43 Å². The molecule has 0 spiro atoms. The van der Waals surface area contributed by atoms with Crippen molar-refractivity contribution in [3.8, 4) is 0 Å². The van der Waals surface area contributed by atoms with Crippen LogP contribution in [0.15, 0.2) is 47.6 Å². The van der Waals surface area contributed by atoms with Gasteiger partial charge in [-0.1, -0.05) is 11.3 Å². The largest absolute Gasteiger partial charge is 0.276 e. The minimum atomic E-state index is -0.334. The highest BCUT2D eigenvalue weighted by molar-refractivity contribution is 7.15. The van der Waals surface area contributed by atoms with E-state index in [-0.39, 0.29) is 11.6 Å². The third-order valence-electron chi connectivity index (χ3n) is 2.49. The van der Waals surface area contributed by atoms with Gasteiger partial charge in [0.2, 0.25) is 4.80 Å². The van der Waals surface area contributed by atoms with Gasteiger partial charge in [-0.2, -0.15) is 0 Å². The number of fused-ring (bicyclic) bond motifs is 1. The fourth-order valence-electron chi connectivity index (χ4n) is 1.55. The summed E-state index contributed by atoms with van der Waals surface area (Å²) in [6.07, 6.45) is 0. The van der Waals surface area contributed by atoms with Gasteiger partial charge in [0.25, 0.3) is 0 Å². The summed E-state index contributed by atoms with van der Waals surface area (Å²) in [5.74, 6) is -0.654. The first-order chi connectivity index (χ1) is 9.70. The van der Waals surface area contributed by atoms with Crippen molar-refractivity contribution in [1.82, 2.24) is 10.2 Å². The predicted octanol–water partition coefficient (Wildman–Crippen LogP) is 2.90. The summed E-state index contributed by atoms with van der Waals surface area (Å²) in [6.45, 7) is 0. The van der Waals surface area contributed by atoms with E-state index in [0.717, 1.165) is 0 Å². The predicted molar refractivity (Wildman–Crippen MR) is 73.0 cm³/mol. The van der Waals surface area contributed by atoms with Gasteiger partial charge < -0.3 is 0 Å². The summed E-state index contributed by atoms with van der Waals surface area (Å²) in [6, 6.07) is 10.0. The molecule has 0 atom stereocenters. The Bertz CT molecular complexity index is 814. The van der Waals surface area contributed by atoms with E-state index in [9.17, 15) is 8.78 Å². The van der Waals surface area contributed by atoms with E-state index in [0.29, 0.717) is 20.7 Å². The first-order valence-electron chi connectivity index (χ1n) is 5.69. The van der Waals surface area contributed by atoms with Crippen LogP contribution in [-0.2, 0) is 0 Å². The second-order valence-corrected chi connectivity index (χ2v) is 4.94. The molecule has 3 rings (SSSR count). The van der Waals surface area contributed by atoms with E-state index in [2.05, 4.69) is 20.7 Å². The van der Waals surface area contributed by atoms with Crippen molar-refractivity contribution in [2.45, 2.75) is 0 Å². The maximum atomic E-state index is 13.1. The Labute approximate surface area is 116 Å². The van der Waals surface area contributed by atoms with Crippen LogP contribution in [0.5, 0.6) is 0 Å². The first kappa shape index (κ1) is 12.6. The zero-order chi connectivity index (χ0) is 13.9. The lowest BCUT2D eigenvalue weighted by Crippen LogP contribution is -2.08. The van der Waals surface area contributed by atoms with Crippen molar-refractivity contribution >= 4 is 27.2 Å². The molecule has 1 N–H and O–H groups in total. The topological polar surface area (TPSA) is 50.2 Å². The molecule has 0 saturated heterocycles. The van der Waals surface area contributed by atoms with Crippen molar-refractivity contribution < 1.29 is 8.78 Å². The summed E-state index contributed by atoms with van der Waals surface area (Å²) in [4.78, 5) is 0.354. The van der Waals surface area contributed by atoms with Gasteiger partial charge in [-0.3, -0.25) is 5.43 Å². The highest BCUT2D eigenvalue weighted by Crippen LogP contribution is 2.13. The number of anilines is 1. The molecular formula is C13H8F2N4S. The third kappa shape index (κ3) is 2.77. The van der Waals surface area contributed by atoms with Crippen LogP contribution in [0.3, 0.4) is 0 Å². The average Bonchev–Trinajstić information content (AvgIpc) is 2.46. The maximum absolute atomic E-state index is 13.1. The number of hydrogen-bond donors (Lipinski definition) is 1. The van der Waals surface area contributed by atoms with Crippen LogP contribution in [-0.4, -0.2) is 10.2 Å². The van der Waals surface area contributed by atoms with E-state index in [1.165, 1.54) is 35.6 Å². The number of nitrogens with one attached hydrogen (secondary N) is 1. The van der Waals surface area contributed by atoms with Gasteiger partial charge in [-0.15, -0.1) is 15.3 Å². The molecule has 0 fully saturated rings. The van der Waals surface area contributed by atoms with Crippen LogP contribution in [0.2, 0.25) is 0 Å². The summed E-state index contributed by atoms with van der Waals surface area (Å²) < 4.78 is 26.5. The normalized spacial score (nSPS) is 11.8. The molecule has 0 aliphatic rings. The molecule has 2 aromatic carbocycles. The minimum Gasteiger partial charge on any atom is -0.276 e. The van der Waals surface area contributed by atoms with E-state index >= 15 is 0 Å². The highest BCUT2D eigenvalue weighted by atomic mass is 32.1. The molecule has 1 heterocycles. The summed E-state index contributed by atoms with van der Waals surface area (Å²) in [7, 11) is 0. The van der Waals surface area contributed by atoms with E-state index in [1.54, 1.807) is 18.2 Å². The van der Waals surface area contributed by atoms with E-state index in [4.69, 9.17) is 0 Å². The Morgan fingerprint density at radius 3 is 2.50 bits per heavy atom. The van der Waals surface area contributed by atoms with Gasteiger partial charge in [0.1, 0.15) is 17.2 Å². The molecule has 0 aliphatic heterocycles. The molecule has 1 aromatic heterocycles. The van der Waals surface area contributed by atoms with E-state index < -0.39 is 0 Å². The number of benzene rings is 2. The van der Waals surface area contributed by atoms with Gasteiger partial charge in [-0.05, 0) is 42.5 Å². The standard InChI is InChI=1S/C13H8F2N4S/c14-8-1-4-10(5-2-8)16-18-13-19-17-11-6-3-9(15)7-12(11)20-13/h1-7,16H. The molecule has 0 amide bonds. The highest BCUT2D eigenvalue weighted by Gasteiger charge is 1.99. The molecule has 3 aromatic rings. The lowest BCUT2D eigenvalue weighted by atomic mass is 10.3. The molecule has 100 valence electrons. The van der Waals surface area contributed by atoms with Crippen LogP contribution < -0.4 is 10.2 Å². The molecule has 0 saturated carbocycles. The summed E-state index contributed by atoms with van der Waals surface area (Å²) in [5, 5.41) is 11.9. The lowest BCUT2D eigenvalue weighted by Gasteiger charge is -1.98. The third-order valence-corrected chi connectivity index (χ3v) is 3.39. The first-order valence-corrected chi connectivity index (χ1v) is 6.51. The van der Waals surface area contributed by atoms with Gasteiger partial charge >= 0.3 is 0 Å². The Hall–Kier alpha value is -2.41. The second-order valence-electron chi connectivity index (χ2n) is 3.93. The van der Waals surface area contributed by atoms with Gasteiger partial charge in [0, 0.05) is 0 Å². The van der Waals surface area contributed by atoms with Crippen LogP contribution >= 0.6 is 11.3 Å². The van der Waals surface area contributed by atoms with Gasteiger partial charge in [0.05, 0.1) is 10.4 Å². The Morgan fingerprint density at radius 1 is 0.950 bits per heavy atom. The molecule has 7 heteroatoms. The lowest BCUT2D eigenvalue weighted by molar-refractivity contribution is 0.628. The van der Waals surface area contributed by atoms with Crippen molar-refractivity contribution in [1.29, 1.82) is 0 Å². The molecule has 0 bridgehead atoms. The van der Waals surface area contributed by atoms with Crippen molar-refractivity contribution in [3.63, 3.8) is 0 Å². The number of rotatable bonds is 2. The smallest absolute Gasteiger partial charge is 0.248 e. The second kappa shape index (κ2) is 5.30. The van der Waals surface area contributed by atoms with Crippen LogP contribution in [0.4, 0.5) is 14.5 Å². The molecule has 20 heavy (non-hydrogen) atoms. The number of aromatic nitrogens is 2. The van der Waals surface area contributed by atoms with Crippen molar-refractivity contribution in [2.24, 2.45) is 5.10 Å². The monoisotopic (exact) mass is 290 g/mol. The van der Waals surface area contributed by atoms with Gasteiger partial charge in [-0.25, -0.2) is 8.78 Å². The molecule has 0 aliphatic carbocycles. The zero-order valence-corrected chi connectivity index (χ0v) is 10.9. The summed E-state index contributed by atoms with van der Waals surface area (Å²) >= 11 is 1.21. The summed E-state index contributed by atoms with van der Waals surface area (Å²) in [5.41, 5.74) is 3.97. The van der Waals surface area contributed by atoms with Gasteiger partial charge in [0.15, 0.2) is 0 Å². The number of hydrogen-bond acceptors (Lipinski definition) is 5. The molecule has 4 nitrogen and oxygen atoms in total. The molecular weight excluding hydrogens is 282 g/mol. The van der Waals surface area contributed by atoms with Crippen LogP contribution in [0, 0.1) is 11.6 Å². The minimum absolute atomic E-state index is 0.320. The SMILES string of the molecule is Fc1ccc(NN=c2nnc3ccc(F)cc3s2)cc1. The Balaban J connectivity index is 1.93. The zero-order valence-electron chi connectivity index (χ0n) is 10.0. The maximum Gasteiger partial charge on any atom is 0.248 e. The quantitative estimate of drug-likeness (QED) is 0.738. The Kier molecular flexibility index (Phi) is 3.34. The fourth-order valence-corrected chi connectivity index (χ4v) is 2.30. The molecule has 0 radical (unpaired) electrons. The van der Waals surface area contributed by atoms with Crippen LogP contribution in [0.25, 0.3) is 10.2 Å².